The molecule has 35 heteroatoms. The van der Waals surface area contributed by atoms with Gasteiger partial charge in [0.1, 0.15) is 72.2 Å². The predicted molar refractivity (Wildman–Crippen MR) is 364 cm³/mol. The zero-order valence-electron chi connectivity index (χ0n) is 55.6. The molecule has 0 spiro atoms. The number of aromatic amines is 2. The van der Waals surface area contributed by atoms with Crippen molar-refractivity contribution in [2.45, 2.75) is 178 Å². The zero-order chi connectivity index (χ0) is 73.4. The number of carbonyl (C=O) groups excluding carboxylic acids is 12. The number of nitrogens with zero attached hydrogens (tertiary/aromatic N) is 2. The van der Waals surface area contributed by atoms with Gasteiger partial charge in [-0.1, -0.05) is 64.4 Å². The molecule has 3 heterocycles. The third-order valence-corrected chi connectivity index (χ3v) is 17.2. The van der Waals surface area contributed by atoms with Gasteiger partial charge in [0, 0.05) is 72.7 Å². The molecular formula is C64H90N16O17S2. The molecule has 12 amide bonds. The van der Waals surface area contributed by atoms with E-state index in [0.717, 1.165) is 0 Å². The van der Waals surface area contributed by atoms with Crippen molar-refractivity contribution in [3.05, 3.63) is 84.1 Å². The highest BCUT2D eigenvalue weighted by molar-refractivity contribution is 7.80. The normalized spacial score (nSPS) is 16.4. The van der Waals surface area contributed by atoms with Gasteiger partial charge in [0.25, 0.3) is 0 Å². The molecule has 1 saturated heterocycles. The second-order valence-corrected chi connectivity index (χ2v) is 25.4. The summed E-state index contributed by atoms with van der Waals surface area (Å²) in [6, 6.07) is -4.32. The molecule has 19 N–H and O–H groups in total. The van der Waals surface area contributed by atoms with Gasteiger partial charge in [-0.15, -0.1) is 0 Å². The van der Waals surface area contributed by atoms with Gasteiger partial charge in [0.05, 0.1) is 18.8 Å². The Hall–Kier alpha value is -9.77. The highest BCUT2D eigenvalue weighted by Crippen LogP contribution is 2.23. The summed E-state index contributed by atoms with van der Waals surface area (Å²) < 4.78 is 0. The van der Waals surface area contributed by atoms with Crippen molar-refractivity contribution >= 4 is 119 Å². The van der Waals surface area contributed by atoms with E-state index in [-0.39, 0.29) is 68.2 Å². The maximum absolute atomic E-state index is 15.2. The molecule has 13 atom stereocenters. The van der Waals surface area contributed by atoms with Gasteiger partial charge in [0.15, 0.2) is 0 Å². The number of nitrogens with two attached hydrogens (primary N) is 2. The lowest BCUT2D eigenvalue weighted by Crippen LogP contribution is -2.61. The Morgan fingerprint density at radius 2 is 1.19 bits per heavy atom. The number of aromatic hydroxyl groups is 1. The summed E-state index contributed by atoms with van der Waals surface area (Å²) in [7, 11) is 0. The van der Waals surface area contributed by atoms with E-state index in [0.29, 0.717) is 34.1 Å². The van der Waals surface area contributed by atoms with E-state index in [4.69, 9.17) is 11.5 Å². The number of primary amides is 1. The summed E-state index contributed by atoms with van der Waals surface area (Å²) in [6.45, 7) is 9.40. The number of para-hydroxylation sites is 1. The van der Waals surface area contributed by atoms with E-state index < -0.39 is 181 Å². The number of benzene rings is 2. The first-order valence-corrected chi connectivity index (χ1v) is 33.5. The molecule has 1 aliphatic heterocycles. The molecule has 2 aromatic heterocycles. The van der Waals surface area contributed by atoms with E-state index in [1.54, 1.807) is 58.2 Å². The number of hydrogen-bond donors (Lipinski definition) is 19. The number of carboxylic acid groups (broad SMARTS) is 2. The molecule has 33 nitrogen and oxygen atoms in total. The summed E-state index contributed by atoms with van der Waals surface area (Å²) in [5, 5.41) is 55.3. The smallest absolute Gasteiger partial charge is 0.327 e. The van der Waals surface area contributed by atoms with Gasteiger partial charge in [-0.05, 0) is 80.7 Å². The number of likely N-dealkylation sites (tertiary alicyclic amines) is 1. The number of imidazole rings is 1. The number of carbonyl (C=O) groups is 14. The van der Waals surface area contributed by atoms with Crippen molar-refractivity contribution in [1.82, 2.24) is 73.0 Å². The average molecular weight is 1420 g/mol. The molecule has 1 aliphatic rings. The van der Waals surface area contributed by atoms with Crippen LogP contribution in [0.1, 0.15) is 103 Å². The van der Waals surface area contributed by atoms with E-state index in [9.17, 15) is 72.9 Å². The third kappa shape index (κ3) is 24.3. The fourth-order valence-electron chi connectivity index (χ4n) is 10.7. The van der Waals surface area contributed by atoms with Crippen LogP contribution in [0.4, 0.5) is 0 Å². The number of aliphatic carboxylic acids is 2. The predicted octanol–water partition coefficient (Wildman–Crippen LogP) is -2.39. The Balaban J connectivity index is 1.40. The van der Waals surface area contributed by atoms with E-state index in [2.05, 4.69) is 93.4 Å². The largest absolute Gasteiger partial charge is 0.508 e. The molecule has 2 aromatic carbocycles. The first-order valence-electron chi connectivity index (χ1n) is 32.2. The summed E-state index contributed by atoms with van der Waals surface area (Å²) in [4.78, 5) is 202. The number of fused-ring (bicyclic) bond motifs is 1. The minimum absolute atomic E-state index is 0.0325. The number of hydrogen-bond acceptors (Lipinski definition) is 19. The number of H-pyrrole nitrogens is 2. The van der Waals surface area contributed by atoms with Crippen molar-refractivity contribution in [2.75, 3.05) is 18.1 Å². The van der Waals surface area contributed by atoms with Gasteiger partial charge in [-0.3, -0.25) is 62.3 Å². The summed E-state index contributed by atoms with van der Waals surface area (Å²) >= 11 is 7.96. The molecule has 0 unspecified atom stereocenters. The lowest BCUT2D eigenvalue weighted by Gasteiger charge is -2.31. The van der Waals surface area contributed by atoms with Gasteiger partial charge < -0.3 is 94.8 Å². The Morgan fingerprint density at radius 3 is 1.79 bits per heavy atom. The number of aromatic nitrogens is 3. The lowest BCUT2D eigenvalue weighted by molar-refractivity contribution is -0.142. The minimum atomic E-state index is -1.65. The van der Waals surface area contributed by atoms with Crippen molar-refractivity contribution in [3.8, 4) is 5.75 Å². The van der Waals surface area contributed by atoms with Gasteiger partial charge in [-0.25, -0.2) is 9.78 Å². The molecule has 5 rings (SSSR count). The Labute approximate surface area is 581 Å². The molecule has 540 valence electrons. The third-order valence-electron chi connectivity index (χ3n) is 16.5. The molecular weight excluding hydrogens is 1330 g/mol. The van der Waals surface area contributed by atoms with Gasteiger partial charge in [0.2, 0.25) is 70.9 Å². The second kappa shape index (κ2) is 38.4. The topological polar surface area (TPSA) is 520 Å². The van der Waals surface area contributed by atoms with Crippen LogP contribution in [0.3, 0.4) is 0 Å². The van der Waals surface area contributed by atoms with Crippen molar-refractivity contribution in [3.63, 3.8) is 0 Å². The first kappa shape index (κ1) is 79.9. The Morgan fingerprint density at radius 1 is 0.626 bits per heavy atom. The summed E-state index contributed by atoms with van der Waals surface area (Å²) in [5.41, 5.74) is 13.2. The number of thiol groups is 2. The zero-order valence-corrected chi connectivity index (χ0v) is 57.4. The monoisotopic (exact) mass is 1420 g/mol. The van der Waals surface area contributed by atoms with Crippen LogP contribution in [0.2, 0.25) is 0 Å². The maximum atomic E-state index is 15.2. The lowest BCUT2D eigenvalue weighted by atomic mass is 9.97. The first-order chi connectivity index (χ1) is 46.8. The standard InChI is InChI=1S/C64H90N16O17S2/c1-7-32(4)52(79-54(86)34(6)70-57(89)46(25-51(83)84)74-55(87)40(65)28-98)62(94)71-33(5)53(85)73-44(23-36-26-68-41-12-9-8-11-39(36)41)59(91)77-47(22-35-14-16-38(81)17-15-35)63(95)80-20-10-13-49(80)61(93)72-42(18-19-50(66)82)56(88)76-45(24-37-27-67-30-69-37)60(92)75-43(21-31(2)3)58(90)78-48(29-99)64(96)97/h8-9,11-12,14-17,26-27,30-34,40,42-49,52,68,81,98-99H,7,10,13,18-25,28-29,65H2,1-6H3,(H2,66,82)(H,67,69)(H,70,89)(H,71,94)(H,72,93)(H,73,85)(H,74,87)(H,75,92)(H,76,88)(H,77,91)(H,78,90)(H,79,86)(H,83,84)(H,96,97)/t32-,33-,34-,40-,42-,43-,44-,45-,46-,47-,48-,49-,52-/m0/s1. The van der Waals surface area contributed by atoms with Crippen molar-refractivity contribution in [1.29, 1.82) is 0 Å². The molecule has 0 aliphatic carbocycles. The summed E-state index contributed by atoms with van der Waals surface area (Å²) in [5.74, 6) is -14.9. The van der Waals surface area contributed by atoms with Gasteiger partial charge in [-0.2, -0.15) is 25.3 Å². The fraction of sp³-hybridized carbons (Fsp3) is 0.516. The van der Waals surface area contributed by atoms with Crippen molar-refractivity contribution < 1.29 is 82.4 Å². The van der Waals surface area contributed by atoms with Crippen LogP contribution in [0.15, 0.2) is 67.3 Å². The van der Waals surface area contributed by atoms with Crippen LogP contribution in [0.25, 0.3) is 10.9 Å². The molecule has 99 heavy (non-hydrogen) atoms. The quantitative estimate of drug-likeness (QED) is 0.0207. The van der Waals surface area contributed by atoms with E-state index in [1.807, 2.05) is 0 Å². The van der Waals surface area contributed by atoms with E-state index in [1.165, 1.54) is 55.5 Å². The van der Waals surface area contributed by atoms with Crippen molar-refractivity contribution in [2.24, 2.45) is 23.3 Å². The summed E-state index contributed by atoms with van der Waals surface area (Å²) in [6.07, 6.45) is 2.53. The number of carboxylic acids is 2. The van der Waals surface area contributed by atoms with Crippen LogP contribution in [-0.2, 0) is 86.4 Å². The van der Waals surface area contributed by atoms with E-state index >= 15 is 9.59 Å². The van der Waals surface area contributed by atoms with Crippen LogP contribution < -0.4 is 64.6 Å². The number of phenolic OH excluding ortho intramolecular Hbond substituents is 1. The molecule has 0 bridgehead atoms. The molecule has 0 saturated carbocycles. The number of nitrogens with one attached hydrogen (secondary N) is 12. The maximum Gasteiger partial charge on any atom is 0.327 e. The minimum Gasteiger partial charge on any atom is -0.508 e. The number of phenols is 1. The van der Waals surface area contributed by atoms with Crippen LogP contribution in [0.5, 0.6) is 5.75 Å². The molecule has 1 fully saturated rings. The van der Waals surface area contributed by atoms with Crippen LogP contribution in [0, 0.1) is 11.8 Å². The fourth-order valence-corrected chi connectivity index (χ4v) is 11.1. The Bertz CT molecular complexity index is 3520. The SMILES string of the molecule is CC[C@H](C)[C@H](NC(=O)[C@H](C)NC(=O)[C@H](CC(=O)O)NC(=O)[C@@H](N)CS)C(=O)N[C@@H](C)C(=O)N[C@@H](Cc1c[nH]c2ccccc12)C(=O)N[C@@H](Cc1ccc(O)cc1)C(=O)N1CCC[C@H]1C(=O)N[C@@H](CCC(N)=O)C(=O)N[C@@H](Cc1cnc[nH]1)C(=O)N[C@@H](CC(C)C)C(=O)N[C@@H](CS)C(=O)O. The van der Waals surface area contributed by atoms with Crippen LogP contribution in [-0.4, -0.2) is 209 Å². The van der Waals surface area contributed by atoms with Crippen LogP contribution >= 0.6 is 25.3 Å². The molecule has 0 radical (unpaired) electrons. The highest BCUT2D eigenvalue weighted by atomic mass is 32.1. The second-order valence-electron chi connectivity index (χ2n) is 24.7. The molecule has 4 aromatic rings. The highest BCUT2D eigenvalue weighted by Gasteiger charge is 2.42. The van der Waals surface area contributed by atoms with Gasteiger partial charge >= 0.3 is 11.9 Å². The Kier molecular flexibility index (Phi) is 31.0. The number of rotatable bonds is 39. The average Bonchev–Trinajstić information content (AvgIpc) is 1.71. The number of amides is 12.